The maximum Gasteiger partial charge on any atom is 0.0468 e. The summed E-state index contributed by atoms with van der Waals surface area (Å²) in [5, 5.41) is 5.60. The maximum atomic E-state index is 5.84. The van der Waals surface area contributed by atoms with Crippen LogP contribution in [0.1, 0.15) is 37.5 Å². The second-order valence-corrected chi connectivity index (χ2v) is 5.92. The topological polar surface area (TPSA) is 38.0 Å². The molecule has 0 aliphatic heterocycles. The van der Waals surface area contributed by atoms with Crippen molar-refractivity contribution in [2.45, 2.75) is 39.2 Å². The van der Waals surface area contributed by atoms with Crippen LogP contribution >= 0.6 is 11.3 Å². The van der Waals surface area contributed by atoms with Gasteiger partial charge >= 0.3 is 0 Å². The fraction of sp³-hybridized carbons (Fsp3) is 0.667. The monoisotopic (exact) mass is 224 g/mol. The highest BCUT2D eigenvalue weighted by Crippen LogP contribution is 2.36. The van der Waals surface area contributed by atoms with E-state index in [1.165, 1.54) is 30.6 Å². The van der Waals surface area contributed by atoms with E-state index in [4.69, 9.17) is 5.73 Å². The van der Waals surface area contributed by atoms with Crippen molar-refractivity contribution in [3.05, 3.63) is 16.3 Å². The highest BCUT2D eigenvalue weighted by molar-refractivity contribution is 7.10. The largest absolute Gasteiger partial charge is 0.398 e. The first-order valence-corrected chi connectivity index (χ1v) is 6.60. The van der Waals surface area contributed by atoms with Crippen LogP contribution in [0, 0.1) is 5.41 Å². The van der Waals surface area contributed by atoms with Crippen molar-refractivity contribution in [3.63, 3.8) is 0 Å². The molecule has 1 aliphatic rings. The second kappa shape index (κ2) is 4.54. The smallest absolute Gasteiger partial charge is 0.0468 e. The number of rotatable bonds is 4. The summed E-state index contributed by atoms with van der Waals surface area (Å²) in [6.45, 7) is 4.45. The number of nitrogens with one attached hydrogen (secondary N) is 1. The molecular formula is C12H20N2S. The van der Waals surface area contributed by atoms with Gasteiger partial charge in [0.1, 0.15) is 0 Å². The number of hydrogen-bond acceptors (Lipinski definition) is 3. The van der Waals surface area contributed by atoms with Gasteiger partial charge in [0.25, 0.3) is 0 Å². The van der Waals surface area contributed by atoms with Crippen LogP contribution < -0.4 is 11.1 Å². The van der Waals surface area contributed by atoms with Gasteiger partial charge in [-0.3, -0.25) is 0 Å². The van der Waals surface area contributed by atoms with Gasteiger partial charge in [-0.15, -0.1) is 11.3 Å². The van der Waals surface area contributed by atoms with Gasteiger partial charge in [-0.25, -0.2) is 0 Å². The van der Waals surface area contributed by atoms with Crippen molar-refractivity contribution in [1.82, 2.24) is 5.32 Å². The van der Waals surface area contributed by atoms with Crippen molar-refractivity contribution in [1.29, 1.82) is 0 Å². The van der Waals surface area contributed by atoms with Gasteiger partial charge in [-0.2, -0.15) is 0 Å². The predicted molar refractivity (Wildman–Crippen MR) is 67.0 cm³/mol. The zero-order chi connectivity index (χ0) is 10.7. The lowest BCUT2D eigenvalue weighted by atomic mass is 9.89. The van der Waals surface area contributed by atoms with E-state index in [9.17, 15) is 0 Å². The average Bonchev–Trinajstić information content (AvgIpc) is 2.78. The number of hydrogen-bond donors (Lipinski definition) is 2. The van der Waals surface area contributed by atoms with Crippen LogP contribution in [-0.2, 0) is 6.54 Å². The van der Waals surface area contributed by atoms with E-state index in [0.717, 1.165) is 18.8 Å². The zero-order valence-electron chi connectivity index (χ0n) is 9.38. The minimum atomic E-state index is 0.534. The first-order valence-electron chi connectivity index (χ1n) is 5.72. The Balaban J connectivity index is 1.77. The number of nitrogens with two attached hydrogens (primary N) is 1. The molecular weight excluding hydrogens is 204 g/mol. The molecule has 15 heavy (non-hydrogen) atoms. The molecule has 0 spiro atoms. The van der Waals surface area contributed by atoms with Crippen LogP contribution in [0.5, 0.6) is 0 Å². The molecule has 2 rings (SSSR count). The molecule has 0 unspecified atom stereocenters. The summed E-state index contributed by atoms with van der Waals surface area (Å²) in [4.78, 5) is 1.27. The minimum Gasteiger partial charge on any atom is -0.398 e. The van der Waals surface area contributed by atoms with Gasteiger partial charge < -0.3 is 11.1 Å². The lowest BCUT2D eigenvalue weighted by Crippen LogP contribution is -2.29. The van der Waals surface area contributed by atoms with Crippen LogP contribution in [0.2, 0.25) is 0 Å². The van der Waals surface area contributed by atoms with Gasteiger partial charge in [-0.05, 0) is 29.7 Å². The molecule has 2 nitrogen and oxygen atoms in total. The Labute approximate surface area is 95.9 Å². The van der Waals surface area contributed by atoms with E-state index >= 15 is 0 Å². The van der Waals surface area contributed by atoms with E-state index < -0.39 is 0 Å². The van der Waals surface area contributed by atoms with Crippen molar-refractivity contribution in [3.8, 4) is 0 Å². The third-order valence-electron chi connectivity index (χ3n) is 3.43. The summed E-state index contributed by atoms with van der Waals surface area (Å²) in [6, 6.07) is 1.99. The van der Waals surface area contributed by atoms with Crippen LogP contribution in [0.3, 0.4) is 0 Å². The molecule has 1 fully saturated rings. The highest BCUT2D eigenvalue weighted by Gasteiger charge is 2.27. The molecule has 1 saturated carbocycles. The van der Waals surface area contributed by atoms with Gasteiger partial charge in [0.15, 0.2) is 0 Å². The summed E-state index contributed by atoms with van der Waals surface area (Å²) in [5.74, 6) is 0. The molecule has 84 valence electrons. The molecule has 3 N–H and O–H groups in total. The lowest BCUT2D eigenvalue weighted by molar-refractivity contribution is 0.315. The molecule has 0 saturated heterocycles. The molecule has 3 heteroatoms. The Bertz CT molecular complexity index is 313. The van der Waals surface area contributed by atoms with E-state index in [1.807, 2.05) is 6.07 Å². The molecule has 1 aliphatic carbocycles. The summed E-state index contributed by atoms with van der Waals surface area (Å²) in [5.41, 5.74) is 7.31. The van der Waals surface area contributed by atoms with Gasteiger partial charge in [-0.1, -0.05) is 19.8 Å². The Morgan fingerprint density at radius 3 is 2.80 bits per heavy atom. The summed E-state index contributed by atoms with van der Waals surface area (Å²) >= 11 is 1.74. The summed E-state index contributed by atoms with van der Waals surface area (Å²) < 4.78 is 0. The standard InChI is InChI=1S/C12H20N2S/c1-12(5-2-3-6-12)9-14-8-11-10(13)4-7-15-11/h4,7,14H,2-3,5-6,8-9,13H2,1H3. The van der Waals surface area contributed by atoms with Gasteiger partial charge in [0.2, 0.25) is 0 Å². The van der Waals surface area contributed by atoms with Crippen LogP contribution in [0.25, 0.3) is 0 Å². The van der Waals surface area contributed by atoms with Crippen LogP contribution in [0.15, 0.2) is 11.4 Å². The molecule has 0 aromatic carbocycles. The highest BCUT2D eigenvalue weighted by atomic mass is 32.1. The van der Waals surface area contributed by atoms with Crippen molar-refractivity contribution in [2.75, 3.05) is 12.3 Å². The summed E-state index contributed by atoms with van der Waals surface area (Å²) in [7, 11) is 0. The molecule has 1 heterocycles. The lowest BCUT2D eigenvalue weighted by Gasteiger charge is -2.23. The SMILES string of the molecule is CC1(CNCc2sccc2N)CCCC1. The second-order valence-electron chi connectivity index (χ2n) is 4.92. The molecule has 0 amide bonds. The van der Waals surface area contributed by atoms with Gasteiger partial charge in [0, 0.05) is 23.7 Å². The Morgan fingerprint density at radius 1 is 1.47 bits per heavy atom. The van der Waals surface area contributed by atoms with Crippen molar-refractivity contribution >= 4 is 17.0 Å². The molecule has 1 aromatic heterocycles. The van der Waals surface area contributed by atoms with Gasteiger partial charge in [0.05, 0.1) is 0 Å². The Morgan fingerprint density at radius 2 is 2.20 bits per heavy atom. The van der Waals surface area contributed by atoms with Crippen LogP contribution in [0.4, 0.5) is 5.69 Å². The molecule has 0 bridgehead atoms. The minimum absolute atomic E-state index is 0.534. The quantitative estimate of drug-likeness (QED) is 0.825. The Kier molecular flexibility index (Phi) is 3.32. The average molecular weight is 224 g/mol. The van der Waals surface area contributed by atoms with E-state index in [0.29, 0.717) is 5.41 Å². The molecule has 1 aromatic rings. The maximum absolute atomic E-state index is 5.84. The van der Waals surface area contributed by atoms with E-state index in [1.54, 1.807) is 11.3 Å². The molecule has 0 atom stereocenters. The van der Waals surface area contributed by atoms with E-state index in [-0.39, 0.29) is 0 Å². The Hall–Kier alpha value is -0.540. The predicted octanol–water partition coefficient (Wildman–Crippen LogP) is 3.00. The third-order valence-corrected chi connectivity index (χ3v) is 4.36. The number of anilines is 1. The fourth-order valence-corrected chi connectivity index (χ4v) is 3.15. The molecule has 0 radical (unpaired) electrons. The normalized spacial score (nSPS) is 19.5. The van der Waals surface area contributed by atoms with Crippen molar-refractivity contribution in [2.24, 2.45) is 5.41 Å². The first kappa shape index (κ1) is 11.0. The van der Waals surface area contributed by atoms with Crippen molar-refractivity contribution < 1.29 is 0 Å². The summed E-state index contributed by atoms with van der Waals surface area (Å²) in [6.07, 6.45) is 5.55. The fourth-order valence-electron chi connectivity index (χ4n) is 2.38. The zero-order valence-corrected chi connectivity index (χ0v) is 10.2. The number of thiophene rings is 1. The van der Waals surface area contributed by atoms with E-state index in [2.05, 4.69) is 17.6 Å². The van der Waals surface area contributed by atoms with Crippen LogP contribution in [-0.4, -0.2) is 6.54 Å². The third kappa shape index (κ3) is 2.73. The number of nitrogen functional groups attached to an aromatic ring is 1. The first-order chi connectivity index (χ1) is 7.20.